The van der Waals surface area contributed by atoms with E-state index < -0.39 is 0 Å². The highest BCUT2D eigenvalue weighted by atomic mass is 16.1. The van der Waals surface area contributed by atoms with Gasteiger partial charge in [-0.3, -0.25) is 4.79 Å². The van der Waals surface area contributed by atoms with Crippen LogP contribution in [0.2, 0.25) is 0 Å². The van der Waals surface area contributed by atoms with Gasteiger partial charge < -0.3 is 5.32 Å². The monoisotopic (exact) mass is 276 g/mol. The van der Waals surface area contributed by atoms with E-state index in [1.54, 1.807) is 0 Å². The Morgan fingerprint density at radius 2 is 1.71 bits per heavy atom. The third-order valence-electron chi connectivity index (χ3n) is 3.03. The van der Waals surface area contributed by atoms with Crippen LogP contribution in [0.4, 0.5) is 5.69 Å². The molecular formula is C18H16N2O. The van der Waals surface area contributed by atoms with Crippen LogP contribution in [-0.4, -0.2) is 5.91 Å². The van der Waals surface area contributed by atoms with Gasteiger partial charge in [0.15, 0.2) is 0 Å². The molecule has 104 valence electrons. The number of hydrogen-bond acceptors (Lipinski definition) is 2. The summed E-state index contributed by atoms with van der Waals surface area (Å²) in [7, 11) is 0. The highest BCUT2D eigenvalue weighted by Crippen LogP contribution is 2.19. The van der Waals surface area contributed by atoms with Gasteiger partial charge in [-0.2, -0.15) is 5.26 Å². The number of anilines is 1. The van der Waals surface area contributed by atoms with E-state index in [2.05, 4.69) is 11.4 Å². The molecule has 0 radical (unpaired) electrons. The lowest BCUT2D eigenvalue weighted by molar-refractivity contribution is -0.114. The van der Waals surface area contributed by atoms with Gasteiger partial charge in [-0.05, 0) is 36.3 Å². The zero-order valence-corrected chi connectivity index (χ0v) is 12.1. The SMILES string of the molecule is CC(=O)Nc1ccc(C=C(C#N)c2ccc(C)cc2)cc1. The highest BCUT2D eigenvalue weighted by molar-refractivity contribution is 5.91. The van der Waals surface area contributed by atoms with Crippen LogP contribution in [0.1, 0.15) is 23.6 Å². The first-order valence-corrected chi connectivity index (χ1v) is 6.65. The molecule has 0 spiro atoms. The van der Waals surface area contributed by atoms with Gasteiger partial charge in [-0.1, -0.05) is 42.0 Å². The van der Waals surface area contributed by atoms with Crippen molar-refractivity contribution in [2.24, 2.45) is 0 Å². The minimum Gasteiger partial charge on any atom is -0.326 e. The fraction of sp³-hybridized carbons (Fsp3) is 0.111. The van der Waals surface area contributed by atoms with Crippen LogP contribution in [0, 0.1) is 18.3 Å². The quantitative estimate of drug-likeness (QED) is 0.680. The van der Waals surface area contributed by atoms with E-state index in [-0.39, 0.29) is 5.91 Å². The Hall–Kier alpha value is -2.86. The molecule has 0 fully saturated rings. The van der Waals surface area contributed by atoms with E-state index in [9.17, 15) is 10.1 Å². The molecule has 2 rings (SSSR count). The highest BCUT2D eigenvalue weighted by Gasteiger charge is 2.01. The second kappa shape index (κ2) is 6.53. The molecule has 3 heteroatoms. The topological polar surface area (TPSA) is 52.9 Å². The molecule has 1 amide bonds. The Labute approximate surface area is 124 Å². The third kappa shape index (κ3) is 4.05. The maximum Gasteiger partial charge on any atom is 0.221 e. The Balaban J connectivity index is 2.26. The van der Waals surface area contributed by atoms with Crippen molar-refractivity contribution in [3.63, 3.8) is 0 Å². The van der Waals surface area contributed by atoms with Gasteiger partial charge in [0.2, 0.25) is 5.91 Å². The second-order valence-electron chi connectivity index (χ2n) is 4.84. The lowest BCUT2D eigenvalue weighted by Gasteiger charge is -2.03. The smallest absolute Gasteiger partial charge is 0.221 e. The normalized spacial score (nSPS) is 10.8. The van der Waals surface area contributed by atoms with Crippen molar-refractivity contribution in [3.05, 3.63) is 65.2 Å². The maximum absolute atomic E-state index is 11.0. The number of amides is 1. The zero-order valence-electron chi connectivity index (χ0n) is 12.1. The van der Waals surface area contributed by atoms with Gasteiger partial charge in [0, 0.05) is 12.6 Å². The number of carbonyl (C=O) groups is 1. The molecule has 3 nitrogen and oxygen atoms in total. The van der Waals surface area contributed by atoms with Crippen molar-refractivity contribution in [2.45, 2.75) is 13.8 Å². The Bertz CT molecular complexity index is 704. The summed E-state index contributed by atoms with van der Waals surface area (Å²) in [6.07, 6.45) is 1.84. The number of rotatable bonds is 3. The summed E-state index contributed by atoms with van der Waals surface area (Å²) in [4.78, 5) is 11.0. The van der Waals surface area contributed by atoms with Crippen molar-refractivity contribution < 1.29 is 4.79 Å². The van der Waals surface area contributed by atoms with Gasteiger partial charge in [0.25, 0.3) is 0 Å². The standard InChI is InChI=1S/C18H16N2O/c1-13-3-7-16(8-4-13)17(12-19)11-15-5-9-18(10-6-15)20-14(2)21/h3-11H,1-2H3,(H,20,21). The zero-order chi connectivity index (χ0) is 15.2. The molecule has 2 aromatic carbocycles. The van der Waals surface area contributed by atoms with Crippen molar-refractivity contribution in [3.8, 4) is 6.07 Å². The molecule has 0 aliphatic heterocycles. The van der Waals surface area contributed by atoms with Crippen molar-refractivity contribution in [2.75, 3.05) is 5.32 Å². The average molecular weight is 276 g/mol. The van der Waals surface area contributed by atoms with Gasteiger partial charge >= 0.3 is 0 Å². The van der Waals surface area contributed by atoms with Crippen molar-refractivity contribution in [1.29, 1.82) is 5.26 Å². The number of hydrogen-bond donors (Lipinski definition) is 1. The summed E-state index contributed by atoms with van der Waals surface area (Å²) in [5.41, 5.74) is 4.33. The predicted octanol–water partition coefficient (Wildman–Crippen LogP) is 4.02. The summed E-state index contributed by atoms with van der Waals surface area (Å²) < 4.78 is 0. The van der Waals surface area contributed by atoms with Crippen LogP contribution < -0.4 is 5.32 Å². The van der Waals surface area contributed by atoms with E-state index in [4.69, 9.17) is 0 Å². The summed E-state index contributed by atoms with van der Waals surface area (Å²) in [6.45, 7) is 3.49. The second-order valence-corrected chi connectivity index (χ2v) is 4.84. The third-order valence-corrected chi connectivity index (χ3v) is 3.03. The van der Waals surface area contributed by atoms with Crippen LogP contribution in [0.5, 0.6) is 0 Å². The number of nitrogens with one attached hydrogen (secondary N) is 1. The Morgan fingerprint density at radius 3 is 2.24 bits per heavy atom. The lowest BCUT2D eigenvalue weighted by atomic mass is 10.0. The van der Waals surface area contributed by atoms with Crippen LogP contribution in [0.3, 0.4) is 0 Å². The van der Waals surface area contributed by atoms with Crippen LogP contribution in [-0.2, 0) is 4.79 Å². The summed E-state index contributed by atoms with van der Waals surface area (Å²) in [6, 6.07) is 17.5. The summed E-state index contributed by atoms with van der Waals surface area (Å²) in [5, 5.41) is 12.0. The molecule has 0 aliphatic rings. The molecule has 21 heavy (non-hydrogen) atoms. The first-order chi connectivity index (χ1) is 10.1. The van der Waals surface area contributed by atoms with E-state index in [1.807, 2.05) is 61.5 Å². The largest absolute Gasteiger partial charge is 0.326 e. The van der Waals surface area contributed by atoms with E-state index in [1.165, 1.54) is 6.92 Å². The van der Waals surface area contributed by atoms with Gasteiger partial charge in [-0.25, -0.2) is 0 Å². The first kappa shape index (κ1) is 14.5. The number of carbonyl (C=O) groups excluding carboxylic acids is 1. The summed E-state index contributed by atoms with van der Waals surface area (Å²) >= 11 is 0. The molecule has 2 aromatic rings. The van der Waals surface area contributed by atoms with Crippen LogP contribution in [0.15, 0.2) is 48.5 Å². The van der Waals surface area contributed by atoms with Gasteiger partial charge in [0.1, 0.15) is 0 Å². The molecule has 0 aliphatic carbocycles. The molecule has 0 saturated heterocycles. The van der Waals surface area contributed by atoms with Gasteiger partial charge in [0.05, 0.1) is 11.6 Å². The molecule has 0 atom stereocenters. The molecular weight excluding hydrogens is 260 g/mol. The minimum atomic E-state index is -0.101. The Morgan fingerprint density at radius 1 is 1.10 bits per heavy atom. The number of nitriles is 1. The fourth-order valence-electron chi connectivity index (χ4n) is 1.95. The van der Waals surface area contributed by atoms with E-state index in [0.717, 1.165) is 22.4 Å². The van der Waals surface area contributed by atoms with E-state index >= 15 is 0 Å². The molecule has 0 heterocycles. The number of aryl methyl sites for hydroxylation is 1. The van der Waals surface area contributed by atoms with Crippen molar-refractivity contribution >= 4 is 23.2 Å². The van der Waals surface area contributed by atoms with Crippen molar-refractivity contribution in [1.82, 2.24) is 0 Å². The fourth-order valence-corrected chi connectivity index (χ4v) is 1.95. The van der Waals surface area contributed by atoms with Gasteiger partial charge in [-0.15, -0.1) is 0 Å². The number of benzene rings is 2. The molecule has 0 unspecified atom stereocenters. The number of allylic oxidation sites excluding steroid dienone is 1. The van der Waals surface area contributed by atoms with E-state index in [0.29, 0.717) is 5.57 Å². The minimum absolute atomic E-state index is 0.101. The average Bonchev–Trinajstić information content (AvgIpc) is 2.47. The van der Waals surface area contributed by atoms with Crippen LogP contribution in [0.25, 0.3) is 11.6 Å². The maximum atomic E-state index is 11.0. The predicted molar refractivity (Wildman–Crippen MR) is 85.4 cm³/mol. The lowest BCUT2D eigenvalue weighted by Crippen LogP contribution is -2.05. The Kier molecular flexibility index (Phi) is 4.53. The molecule has 0 bridgehead atoms. The molecule has 0 saturated carbocycles. The molecule has 1 N–H and O–H groups in total. The molecule has 0 aromatic heterocycles. The number of nitrogens with zero attached hydrogens (tertiary/aromatic N) is 1. The van der Waals surface area contributed by atoms with Crippen LogP contribution >= 0.6 is 0 Å². The summed E-state index contributed by atoms with van der Waals surface area (Å²) in [5.74, 6) is -0.101. The first-order valence-electron chi connectivity index (χ1n) is 6.65.